The van der Waals surface area contributed by atoms with Gasteiger partial charge in [0.15, 0.2) is 0 Å². The molecule has 0 spiro atoms. The van der Waals surface area contributed by atoms with Crippen molar-refractivity contribution in [3.8, 4) is 0 Å². The van der Waals surface area contributed by atoms with Crippen LogP contribution in [-0.2, 0) is 0 Å². The van der Waals surface area contributed by atoms with Crippen molar-refractivity contribution in [2.24, 2.45) is 0 Å². The van der Waals surface area contributed by atoms with E-state index in [1.165, 1.54) is 0 Å². The monoisotopic (exact) mass is 159 g/mol. The molecular formula is C7H5Cl2. The summed E-state index contributed by atoms with van der Waals surface area (Å²) >= 11 is 11.2. The molecule has 47 valence electrons. The minimum absolute atomic E-state index is 0.569. The minimum atomic E-state index is 0.569. The molecule has 0 unspecified atom stereocenters. The summed E-state index contributed by atoms with van der Waals surface area (Å²) in [5.41, 5.74) is 1.06. The number of aryl methyl sites for hydroxylation is 1. The zero-order valence-corrected chi connectivity index (χ0v) is 6.42. The zero-order valence-electron chi connectivity index (χ0n) is 4.91. The fourth-order valence-corrected chi connectivity index (χ4v) is 1.22. The minimum Gasteiger partial charge on any atom is -0.0836 e. The first-order chi connectivity index (χ1) is 4.18. The van der Waals surface area contributed by atoms with E-state index in [4.69, 9.17) is 23.2 Å². The van der Waals surface area contributed by atoms with E-state index in [1.807, 2.05) is 19.1 Å². The van der Waals surface area contributed by atoms with Crippen LogP contribution in [0.3, 0.4) is 0 Å². The highest BCUT2D eigenvalue weighted by Gasteiger charge is 1.91. The Bertz CT molecular complexity index is 168. The molecule has 0 aliphatic heterocycles. The lowest BCUT2D eigenvalue weighted by molar-refractivity contribution is 1.47. The van der Waals surface area contributed by atoms with Gasteiger partial charge in [-0.1, -0.05) is 23.2 Å². The predicted molar refractivity (Wildman–Crippen MR) is 40.0 cm³/mol. The molecule has 0 aromatic heterocycles. The lowest BCUT2D eigenvalue weighted by atomic mass is 10.2. The molecule has 0 heterocycles. The molecule has 0 fully saturated rings. The summed E-state index contributed by atoms with van der Waals surface area (Å²) in [4.78, 5) is 0. The van der Waals surface area contributed by atoms with Gasteiger partial charge in [-0.3, -0.25) is 0 Å². The highest BCUT2D eigenvalue weighted by atomic mass is 35.5. The summed E-state index contributed by atoms with van der Waals surface area (Å²) in [6.45, 7) is 1.94. The van der Waals surface area contributed by atoms with Crippen LogP contribution in [0.25, 0.3) is 0 Å². The Balaban J connectivity index is 3.17. The van der Waals surface area contributed by atoms with Gasteiger partial charge in [0.1, 0.15) is 0 Å². The van der Waals surface area contributed by atoms with Crippen molar-refractivity contribution in [2.45, 2.75) is 6.92 Å². The molecule has 0 aliphatic rings. The number of rotatable bonds is 0. The Morgan fingerprint density at radius 1 is 1.22 bits per heavy atom. The molecule has 0 aliphatic carbocycles. The summed E-state index contributed by atoms with van der Waals surface area (Å²) < 4.78 is 0. The second kappa shape index (κ2) is 2.59. The maximum Gasteiger partial charge on any atom is 0.0503 e. The van der Waals surface area contributed by atoms with Crippen LogP contribution in [0.2, 0.25) is 10.0 Å². The Hall–Kier alpha value is -0.200. The third-order valence-corrected chi connectivity index (χ3v) is 1.35. The van der Waals surface area contributed by atoms with Gasteiger partial charge in [-0.05, 0) is 24.6 Å². The van der Waals surface area contributed by atoms with E-state index in [1.54, 1.807) is 0 Å². The molecule has 0 nitrogen and oxygen atoms in total. The molecular weight excluding hydrogens is 155 g/mol. The molecule has 0 saturated heterocycles. The smallest absolute Gasteiger partial charge is 0.0503 e. The average molecular weight is 160 g/mol. The predicted octanol–water partition coefficient (Wildman–Crippen LogP) is 3.10. The van der Waals surface area contributed by atoms with Gasteiger partial charge in [0.25, 0.3) is 0 Å². The van der Waals surface area contributed by atoms with Crippen molar-refractivity contribution in [3.63, 3.8) is 0 Å². The third-order valence-electron chi connectivity index (χ3n) is 0.948. The number of hydrogen-bond donors (Lipinski definition) is 0. The van der Waals surface area contributed by atoms with Gasteiger partial charge >= 0.3 is 0 Å². The van der Waals surface area contributed by atoms with Crippen LogP contribution < -0.4 is 0 Å². The molecule has 0 N–H and O–H groups in total. The average Bonchev–Trinajstić information content (AvgIpc) is 1.59. The van der Waals surface area contributed by atoms with E-state index in [9.17, 15) is 0 Å². The topological polar surface area (TPSA) is 0 Å². The molecule has 0 bridgehead atoms. The van der Waals surface area contributed by atoms with Gasteiger partial charge in [-0.15, -0.1) is 0 Å². The maximum atomic E-state index is 5.61. The summed E-state index contributed by atoms with van der Waals surface area (Å²) in [5, 5.41) is 1.14. The van der Waals surface area contributed by atoms with Crippen molar-refractivity contribution in [3.05, 3.63) is 33.8 Å². The lowest BCUT2D eigenvalue weighted by Crippen LogP contribution is -1.71. The Kier molecular flexibility index (Phi) is 1.99. The molecule has 1 aromatic carbocycles. The molecule has 1 radical (unpaired) electrons. The van der Waals surface area contributed by atoms with E-state index in [2.05, 4.69) is 6.07 Å². The second-order valence-corrected chi connectivity index (χ2v) is 2.67. The van der Waals surface area contributed by atoms with E-state index < -0.39 is 0 Å². The van der Waals surface area contributed by atoms with E-state index in [0.29, 0.717) is 10.0 Å². The van der Waals surface area contributed by atoms with Gasteiger partial charge in [0.2, 0.25) is 0 Å². The fraction of sp³-hybridized carbons (Fsp3) is 0.143. The first-order valence-electron chi connectivity index (χ1n) is 2.53. The summed E-state index contributed by atoms with van der Waals surface area (Å²) in [6, 6.07) is 6.37. The Labute approximate surface area is 64.4 Å². The van der Waals surface area contributed by atoms with Gasteiger partial charge in [0, 0.05) is 6.07 Å². The first kappa shape index (κ1) is 6.91. The Morgan fingerprint density at radius 2 is 1.67 bits per heavy atom. The van der Waals surface area contributed by atoms with Crippen LogP contribution in [0.1, 0.15) is 5.56 Å². The number of hydrogen-bond acceptors (Lipinski definition) is 0. The van der Waals surface area contributed by atoms with Crippen molar-refractivity contribution in [2.75, 3.05) is 0 Å². The molecule has 0 saturated carbocycles. The zero-order chi connectivity index (χ0) is 6.85. The van der Waals surface area contributed by atoms with Gasteiger partial charge in [0.05, 0.1) is 10.0 Å². The third kappa shape index (κ3) is 1.88. The highest BCUT2D eigenvalue weighted by molar-refractivity contribution is 6.34. The normalized spacial score (nSPS) is 9.67. The van der Waals surface area contributed by atoms with Crippen LogP contribution in [-0.4, -0.2) is 0 Å². The van der Waals surface area contributed by atoms with Gasteiger partial charge in [-0.25, -0.2) is 0 Å². The summed E-state index contributed by atoms with van der Waals surface area (Å²) in [5.74, 6) is 0. The largest absolute Gasteiger partial charge is 0.0836 e. The molecule has 2 heteroatoms. The SMILES string of the molecule is Cc1cc(Cl)[c]c(Cl)c1. The Morgan fingerprint density at radius 3 is 2.00 bits per heavy atom. The van der Waals surface area contributed by atoms with Crippen molar-refractivity contribution in [1.82, 2.24) is 0 Å². The van der Waals surface area contributed by atoms with Crippen LogP contribution in [0.15, 0.2) is 12.1 Å². The van der Waals surface area contributed by atoms with Crippen LogP contribution >= 0.6 is 23.2 Å². The van der Waals surface area contributed by atoms with Crippen LogP contribution in [0.4, 0.5) is 0 Å². The number of benzene rings is 1. The molecule has 1 rings (SSSR count). The highest BCUT2D eigenvalue weighted by Crippen LogP contribution is 2.16. The lowest BCUT2D eigenvalue weighted by Gasteiger charge is -1.92. The van der Waals surface area contributed by atoms with Gasteiger partial charge in [-0.2, -0.15) is 0 Å². The van der Waals surface area contributed by atoms with Crippen LogP contribution in [0.5, 0.6) is 0 Å². The maximum absolute atomic E-state index is 5.61. The fourth-order valence-electron chi connectivity index (χ4n) is 0.628. The van der Waals surface area contributed by atoms with E-state index in [0.717, 1.165) is 5.56 Å². The van der Waals surface area contributed by atoms with E-state index >= 15 is 0 Å². The second-order valence-electron chi connectivity index (χ2n) is 1.85. The molecule has 0 atom stereocenters. The van der Waals surface area contributed by atoms with Crippen molar-refractivity contribution >= 4 is 23.2 Å². The van der Waals surface area contributed by atoms with E-state index in [-0.39, 0.29) is 0 Å². The van der Waals surface area contributed by atoms with Crippen molar-refractivity contribution in [1.29, 1.82) is 0 Å². The first-order valence-corrected chi connectivity index (χ1v) is 3.29. The molecule has 1 aromatic rings. The molecule has 9 heavy (non-hydrogen) atoms. The summed E-state index contributed by atoms with van der Waals surface area (Å²) in [6.07, 6.45) is 0. The quantitative estimate of drug-likeness (QED) is 0.546. The van der Waals surface area contributed by atoms with Crippen LogP contribution in [0, 0.1) is 13.0 Å². The number of halogens is 2. The van der Waals surface area contributed by atoms with Gasteiger partial charge < -0.3 is 0 Å². The standard InChI is InChI=1S/C7H5Cl2/c1-5-2-6(8)4-7(9)3-5/h2-3H,1H3. The van der Waals surface area contributed by atoms with Crippen molar-refractivity contribution < 1.29 is 0 Å². The molecule has 0 amide bonds. The summed E-state index contributed by atoms with van der Waals surface area (Å²) in [7, 11) is 0.